The van der Waals surface area contributed by atoms with Crippen molar-refractivity contribution in [1.82, 2.24) is 5.32 Å². The highest BCUT2D eigenvalue weighted by Crippen LogP contribution is 2.30. The number of β-amino-alcohol motifs (C(OH)–C–C–N with tert-alkyl or cyclic N) is 1. The zero-order valence-electron chi connectivity index (χ0n) is 6.27. The fourth-order valence-electron chi connectivity index (χ4n) is 1.38. The van der Waals surface area contributed by atoms with Crippen LogP contribution in [-0.2, 0) is 0 Å². The van der Waals surface area contributed by atoms with Gasteiger partial charge in [0, 0.05) is 18.6 Å². The molecular formula is C7H16N2O. The van der Waals surface area contributed by atoms with Crippen LogP contribution in [-0.4, -0.2) is 30.3 Å². The smallest absolute Gasteiger partial charge is 0.0556 e. The van der Waals surface area contributed by atoms with E-state index in [2.05, 4.69) is 5.32 Å². The lowest BCUT2D eigenvalue weighted by Gasteiger charge is -2.41. The van der Waals surface area contributed by atoms with E-state index in [0.717, 1.165) is 0 Å². The SMILES string of the molecule is NCC1(NCCO)CCC1. The summed E-state index contributed by atoms with van der Waals surface area (Å²) in [7, 11) is 0. The Morgan fingerprint density at radius 1 is 1.50 bits per heavy atom. The van der Waals surface area contributed by atoms with Crippen molar-refractivity contribution in [2.75, 3.05) is 19.7 Å². The molecule has 0 bridgehead atoms. The molecule has 0 aliphatic heterocycles. The molecule has 4 N–H and O–H groups in total. The first kappa shape index (κ1) is 7.98. The summed E-state index contributed by atoms with van der Waals surface area (Å²) in [5.41, 5.74) is 5.75. The average Bonchev–Trinajstić information content (AvgIpc) is 1.87. The molecule has 1 fully saturated rings. The average molecular weight is 144 g/mol. The van der Waals surface area contributed by atoms with Crippen molar-refractivity contribution < 1.29 is 5.11 Å². The van der Waals surface area contributed by atoms with Gasteiger partial charge in [0.1, 0.15) is 0 Å². The topological polar surface area (TPSA) is 58.3 Å². The third kappa shape index (κ3) is 1.48. The Labute approximate surface area is 61.6 Å². The van der Waals surface area contributed by atoms with Gasteiger partial charge in [-0.05, 0) is 19.3 Å². The van der Waals surface area contributed by atoms with Crippen molar-refractivity contribution in [1.29, 1.82) is 0 Å². The maximum atomic E-state index is 8.54. The molecule has 1 aliphatic carbocycles. The lowest BCUT2D eigenvalue weighted by atomic mass is 9.77. The summed E-state index contributed by atoms with van der Waals surface area (Å²) in [5, 5.41) is 11.8. The van der Waals surface area contributed by atoms with E-state index in [4.69, 9.17) is 10.8 Å². The normalized spacial score (nSPS) is 22.2. The third-order valence-corrected chi connectivity index (χ3v) is 2.31. The van der Waals surface area contributed by atoms with Crippen molar-refractivity contribution in [3.05, 3.63) is 0 Å². The molecule has 0 spiro atoms. The van der Waals surface area contributed by atoms with Gasteiger partial charge in [-0.3, -0.25) is 0 Å². The minimum Gasteiger partial charge on any atom is -0.395 e. The van der Waals surface area contributed by atoms with Crippen LogP contribution in [0.15, 0.2) is 0 Å². The standard InChI is InChI=1S/C7H16N2O/c8-6-7(2-1-3-7)9-4-5-10/h9-10H,1-6,8H2. The van der Waals surface area contributed by atoms with Crippen LogP contribution in [0.2, 0.25) is 0 Å². The van der Waals surface area contributed by atoms with Gasteiger partial charge in [-0.2, -0.15) is 0 Å². The molecular weight excluding hydrogens is 128 g/mol. The van der Waals surface area contributed by atoms with E-state index in [0.29, 0.717) is 13.1 Å². The summed E-state index contributed by atoms with van der Waals surface area (Å²) in [6, 6.07) is 0. The van der Waals surface area contributed by atoms with Gasteiger partial charge in [0.2, 0.25) is 0 Å². The van der Waals surface area contributed by atoms with Crippen LogP contribution in [0.4, 0.5) is 0 Å². The van der Waals surface area contributed by atoms with E-state index in [1.807, 2.05) is 0 Å². The Kier molecular flexibility index (Phi) is 2.65. The van der Waals surface area contributed by atoms with Gasteiger partial charge in [-0.25, -0.2) is 0 Å². The van der Waals surface area contributed by atoms with E-state index in [9.17, 15) is 0 Å². The van der Waals surface area contributed by atoms with Gasteiger partial charge in [-0.15, -0.1) is 0 Å². The summed E-state index contributed by atoms with van der Waals surface area (Å²) in [5.74, 6) is 0. The minimum atomic E-state index is 0.183. The molecule has 1 aliphatic rings. The number of hydrogen-bond donors (Lipinski definition) is 3. The number of rotatable bonds is 4. The Morgan fingerprint density at radius 3 is 2.50 bits per heavy atom. The molecule has 0 radical (unpaired) electrons. The highest BCUT2D eigenvalue weighted by Gasteiger charge is 2.34. The number of aliphatic hydroxyl groups excluding tert-OH is 1. The van der Waals surface area contributed by atoms with Crippen molar-refractivity contribution in [3.63, 3.8) is 0 Å². The van der Waals surface area contributed by atoms with Crippen LogP contribution in [0.25, 0.3) is 0 Å². The van der Waals surface area contributed by atoms with E-state index >= 15 is 0 Å². The summed E-state index contributed by atoms with van der Waals surface area (Å²) in [4.78, 5) is 0. The predicted octanol–water partition coefficient (Wildman–Crippen LogP) is -0.550. The molecule has 0 aromatic heterocycles. The van der Waals surface area contributed by atoms with Gasteiger partial charge in [0.05, 0.1) is 6.61 Å². The first-order chi connectivity index (χ1) is 4.83. The Hall–Kier alpha value is -0.120. The van der Waals surface area contributed by atoms with Crippen molar-refractivity contribution in [3.8, 4) is 0 Å². The molecule has 0 aromatic carbocycles. The number of hydrogen-bond acceptors (Lipinski definition) is 3. The molecule has 0 heterocycles. The molecule has 3 heteroatoms. The zero-order chi connectivity index (χ0) is 7.45. The van der Waals surface area contributed by atoms with Gasteiger partial charge >= 0.3 is 0 Å². The lowest BCUT2D eigenvalue weighted by Crippen LogP contribution is -2.56. The van der Waals surface area contributed by atoms with Crippen LogP contribution in [0, 0.1) is 0 Å². The van der Waals surface area contributed by atoms with Gasteiger partial charge in [0.25, 0.3) is 0 Å². The number of nitrogens with two attached hydrogens (primary N) is 1. The maximum absolute atomic E-state index is 8.54. The fourth-order valence-corrected chi connectivity index (χ4v) is 1.38. The van der Waals surface area contributed by atoms with Crippen molar-refractivity contribution in [2.24, 2.45) is 5.73 Å². The van der Waals surface area contributed by atoms with Crippen LogP contribution < -0.4 is 11.1 Å². The molecule has 0 amide bonds. The Bertz CT molecular complexity index is 96.3. The first-order valence-corrected chi connectivity index (χ1v) is 3.89. The van der Waals surface area contributed by atoms with E-state index in [-0.39, 0.29) is 12.1 Å². The fraction of sp³-hybridized carbons (Fsp3) is 1.00. The summed E-state index contributed by atoms with van der Waals surface area (Å²) in [6.45, 7) is 1.59. The molecule has 3 nitrogen and oxygen atoms in total. The van der Waals surface area contributed by atoms with Crippen LogP contribution >= 0.6 is 0 Å². The summed E-state index contributed by atoms with van der Waals surface area (Å²) in [6.07, 6.45) is 3.61. The quantitative estimate of drug-likeness (QED) is 0.496. The molecule has 10 heavy (non-hydrogen) atoms. The summed E-state index contributed by atoms with van der Waals surface area (Å²) >= 11 is 0. The molecule has 1 rings (SSSR count). The molecule has 0 aromatic rings. The molecule has 0 atom stereocenters. The molecule has 0 saturated heterocycles. The summed E-state index contributed by atoms with van der Waals surface area (Å²) < 4.78 is 0. The van der Waals surface area contributed by atoms with Crippen LogP contribution in [0.3, 0.4) is 0 Å². The second kappa shape index (κ2) is 3.32. The molecule has 1 saturated carbocycles. The Morgan fingerprint density at radius 2 is 2.20 bits per heavy atom. The van der Waals surface area contributed by atoms with E-state index in [1.54, 1.807) is 0 Å². The van der Waals surface area contributed by atoms with Gasteiger partial charge in [-0.1, -0.05) is 0 Å². The van der Waals surface area contributed by atoms with Crippen molar-refractivity contribution >= 4 is 0 Å². The second-order valence-corrected chi connectivity index (χ2v) is 2.99. The van der Waals surface area contributed by atoms with Gasteiger partial charge in [0.15, 0.2) is 0 Å². The van der Waals surface area contributed by atoms with E-state index in [1.165, 1.54) is 19.3 Å². The minimum absolute atomic E-state index is 0.183. The Balaban J connectivity index is 2.20. The van der Waals surface area contributed by atoms with Crippen molar-refractivity contribution in [2.45, 2.75) is 24.8 Å². The van der Waals surface area contributed by atoms with Crippen LogP contribution in [0.1, 0.15) is 19.3 Å². The monoisotopic (exact) mass is 144 g/mol. The largest absolute Gasteiger partial charge is 0.395 e. The highest BCUT2D eigenvalue weighted by molar-refractivity contribution is 4.96. The van der Waals surface area contributed by atoms with Gasteiger partial charge < -0.3 is 16.2 Å². The highest BCUT2D eigenvalue weighted by atomic mass is 16.3. The molecule has 60 valence electrons. The van der Waals surface area contributed by atoms with E-state index < -0.39 is 0 Å². The predicted molar refractivity (Wildman–Crippen MR) is 40.7 cm³/mol. The van der Waals surface area contributed by atoms with Crippen LogP contribution in [0.5, 0.6) is 0 Å². The lowest BCUT2D eigenvalue weighted by molar-refractivity contribution is 0.174. The number of aliphatic hydroxyl groups is 1. The second-order valence-electron chi connectivity index (χ2n) is 2.99. The zero-order valence-corrected chi connectivity index (χ0v) is 6.27. The molecule has 0 unspecified atom stereocenters. The first-order valence-electron chi connectivity index (χ1n) is 3.89. The maximum Gasteiger partial charge on any atom is 0.0556 e. The number of nitrogens with one attached hydrogen (secondary N) is 1. The third-order valence-electron chi connectivity index (χ3n) is 2.31.